The molecule has 5 nitrogen and oxygen atoms in total. The predicted molar refractivity (Wildman–Crippen MR) is 75.5 cm³/mol. The van der Waals surface area contributed by atoms with Crippen molar-refractivity contribution in [3.63, 3.8) is 0 Å². The summed E-state index contributed by atoms with van der Waals surface area (Å²) in [6.07, 6.45) is 2.71. The molecule has 112 valence electrons. The second-order valence-corrected chi connectivity index (χ2v) is 5.45. The molecular formula is C14H28N2O3. The Bertz CT molecular complexity index is 292. The van der Waals surface area contributed by atoms with E-state index in [1.807, 2.05) is 13.8 Å². The van der Waals surface area contributed by atoms with Crippen molar-refractivity contribution in [1.82, 2.24) is 4.90 Å². The first-order chi connectivity index (χ1) is 8.79. The standard InChI is InChI=1S/C14H28N2O3/c1-10(7-6-8-12(3)15)13(17)16(4)9-11(2)14(18)19-5/h10-12H,6-9,15H2,1-5H3. The fraction of sp³-hybridized carbons (Fsp3) is 0.857. The average molecular weight is 272 g/mol. The highest BCUT2D eigenvalue weighted by molar-refractivity contribution is 5.79. The Kier molecular flexibility index (Phi) is 8.39. The van der Waals surface area contributed by atoms with Crippen LogP contribution in [0.1, 0.15) is 40.0 Å². The molecule has 0 radical (unpaired) electrons. The highest BCUT2D eigenvalue weighted by atomic mass is 16.5. The summed E-state index contributed by atoms with van der Waals surface area (Å²) in [4.78, 5) is 25.0. The third-order valence-electron chi connectivity index (χ3n) is 3.25. The maximum absolute atomic E-state index is 12.1. The number of amides is 1. The van der Waals surface area contributed by atoms with Gasteiger partial charge < -0.3 is 15.4 Å². The molecule has 0 bridgehead atoms. The third kappa shape index (κ3) is 7.15. The van der Waals surface area contributed by atoms with Crippen molar-refractivity contribution in [2.75, 3.05) is 20.7 Å². The number of nitrogens with zero attached hydrogens (tertiary/aromatic N) is 1. The molecule has 0 rings (SSSR count). The van der Waals surface area contributed by atoms with Gasteiger partial charge in [0.25, 0.3) is 0 Å². The SMILES string of the molecule is COC(=O)C(C)CN(C)C(=O)C(C)CCCC(C)N. The van der Waals surface area contributed by atoms with E-state index in [0.29, 0.717) is 6.54 Å². The molecule has 2 N–H and O–H groups in total. The topological polar surface area (TPSA) is 72.6 Å². The summed E-state index contributed by atoms with van der Waals surface area (Å²) in [7, 11) is 3.08. The minimum absolute atomic E-state index is 0.0337. The van der Waals surface area contributed by atoms with Crippen LogP contribution in [0.2, 0.25) is 0 Å². The summed E-state index contributed by atoms with van der Waals surface area (Å²) in [5.41, 5.74) is 5.68. The highest BCUT2D eigenvalue weighted by Gasteiger charge is 2.22. The molecule has 0 fully saturated rings. The number of carbonyl (C=O) groups excluding carboxylic acids is 2. The van der Waals surface area contributed by atoms with Gasteiger partial charge >= 0.3 is 5.97 Å². The van der Waals surface area contributed by atoms with Crippen LogP contribution < -0.4 is 5.73 Å². The molecular weight excluding hydrogens is 244 g/mol. The Morgan fingerprint density at radius 2 is 1.74 bits per heavy atom. The summed E-state index contributed by atoms with van der Waals surface area (Å²) >= 11 is 0. The van der Waals surface area contributed by atoms with Crippen LogP contribution >= 0.6 is 0 Å². The van der Waals surface area contributed by atoms with Gasteiger partial charge in [0.2, 0.25) is 5.91 Å². The number of esters is 1. The van der Waals surface area contributed by atoms with Crippen LogP contribution in [-0.4, -0.2) is 43.5 Å². The fourth-order valence-corrected chi connectivity index (χ4v) is 2.02. The molecule has 0 saturated heterocycles. The van der Waals surface area contributed by atoms with Gasteiger partial charge in [0.15, 0.2) is 0 Å². The van der Waals surface area contributed by atoms with Gasteiger partial charge in [-0.05, 0) is 19.8 Å². The molecule has 0 spiro atoms. The van der Waals surface area contributed by atoms with Crippen LogP contribution in [0.15, 0.2) is 0 Å². The van der Waals surface area contributed by atoms with Crippen LogP contribution in [0.4, 0.5) is 0 Å². The van der Waals surface area contributed by atoms with Gasteiger partial charge in [-0.1, -0.05) is 20.3 Å². The Balaban J connectivity index is 4.13. The quantitative estimate of drug-likeness (QED) is 0.678. The van der Waals surface area contributed by atoms with Crippen molar-refractivity contribution in [2.45, 2.75) is 46.1 Å². The van der Waals surface area contributed by atoms with Crippen molar-refractivity contribution in [3.8, 4) is 0 Å². The van der Waals surface area contributed by atoms with Crippen molar-refractivity contribution >= 4 is 11.9 Å². The minimum atomic E-state index is -0.296. The van der Waals surface area contributed by atoms with Gasteiger partial charge in [-0.15, -0.1) is 0 Å². The lowest BCUT2D eigenvalue weighted by atomic mass is 10.0. The maximum atomic E-state index is 12.1. The van der Waals surface area contributed by atoms with E-state index in [0.717, 1.165) is 19.3 Å². The normalized spacial score (nSPS) is 15.5. The number of hydrogen-bond donors (Lipinski definition) is 1. The average Bonchev–Trinajstić information content (AvgIpc) is 2.35. The van der Waals surface area contributed by atoms with E-state index in [1.54, 1.807) is 18.9 Å². The lowest BCUT2D eigenvalue weighted by molar-refractivity contribution is -0.146. The molecule has 3 atom stereocenters. The van der Waals surface area contributed by atoms with Gasteiger partial charge in [-0.2, -0.15) is 0 Å². The summed E-state index contributed by atoms with van der Waals surface area (Å²) in [5.74, 6) is -0.548. The lowest BCUT2D eigenvalue weighted by Gasteiger charge is -2.23. The zero-order valence-corrected chi connectivity index (χ0v) is 12.8. The van der Waals surface area contributed by atoms with Gasteiger partial charge in [-0.3, -0.25) is 9.59 Å². The van der Waals surface area contributed by atoms with Crippen LogP contribution in [0.3, 0.4) is 0 Å². The molecule has 5 heteroatoms. The minimum Gasteiger partial charge on any atom is -0.469 e. The van der Waals surface area contributed by atoms with Crippen LogP contribution in [0.5, 0.6) is 0 Å². The van der Waals surface area contributed by atoms with Gasteiger partial charge in [0.05, 0.1) is 13.0 Å². The second kappa shape index (κ2) is 8.91. The van der Waals surface area contributed by atoms with E-state index < -0.39 is 0 Å². The van der Waals surface area contributed by atoms with E-state index in [-0.39, 0.29) is 29.8 Å². The van der Waals surface area contributed by atoms with Crippen LogP contribution in [0.25, 0.3) is 0 Å². The molecule has 0 saturated carbocycles. The van der Waals surface area contributed by atoms with Crippen LogP contribution in [-0.2, 0) is 14.3 Å². The Hall–Kier alpha value is -1.10. The van der Waals surface area contributed by atoms with E-state index in [9.17, 15) is 9.59 Å². The monoisotopic (exact) mass is 272 g/mol. The molecule has 3 unspecified atom stereocenters. The number of carbonyl (C=O) groups is 2. The number of ether oxygens (including phenoxy) is 1. The summed E-state index contributed by atoms with van der Waals surface area (Å²) < 4.78 is 4.65. The van der Waals surface area contributed by atoms with E-state index in [1.165, 1.54) is 7.11 Å². The largest absolute Gasteiger partial charge is 0.469 e. The predicted octanol–water partition coefficient (Wildman–Crippen LogP) is 1.41. The smallest absolute Gasteiger partial charge is 0.310 e. The second-order valence-electron chi connectivity index (χ2n) is 5.45. The van der Waals surface area contributed by atoms with Crippen molar-refractivity contribution in [3.05, 3.63) is 0 Å². The molecule has 19 heavy (non-hydrogen) atoms. The summed E-state index contributed by atoms with van der Waals surface area (Å²) in [6.45, 7) is 6.04. The molecule has 0 aliphatic rings. The van der Waals surface area contributed by atoms with Gasteiger partial charge in [0.1, 0.15) is 0 Å². The first-order valence-corrected chi connectivity index (χ1v) is 6.88. The van der Waals surface area contributed by atoms with Crippen LogP contribution in [0, 0.1) is 11.8 Å². The zero-order valence-electron chi connectivity index (χ0n) is 12.8. The third-order valence-corrected chi connectivity index (χ3v) is 3.25. The molecule has 0 aromatic rings. The van der Waals surface area contributed by atoms with Crippen molar-refractivity contribution in [2.24, 2.45) is 17.6 Å². The Morgan fingerprint density at radius 3 is 2.21 bits per heavy atom. The molecule has 0 aromatic heterocycles. The number of methoxy groups -OCH3 is 1. The summed E-state index contributed by atoms with van der Waals surface area (Å²) in [5, 5.41) is 0. The Labute approximate surface area is 116 Å². The molecule has 1 amide bonds. The molecule has 0 aliphatic heterocycles. The maximum Gasteiger partial charge on any atom is 0.310 e. The lowest BCUT2D eigenvalue weighted by Crippen LogP contribution is -2.37. The first-order valence-electron chi connectivity index (χ1n) is 6.88. The van der Waals surface area contributed by atoms with E-state index in [2.05, 4.69) is 4.74 Å². The number of rotatable bonds is 8. The van der Waals surface area contributed by atoms with Crippen molar-refractivity contribution < 1.29 is 14.3 Å². The summed E-state index contributed by atoms with van der Waals surface area (Å²) in [6, 6.07) is 0.180. The molecule has 0 aliphatic carbocycles. The van der Waals surface area contributed by atoms with Gasteiger partial charge in [-0.25, -0.2) is 0 Å². The number of nitrogens with two attached hydrogens (primary N) is 1. The van der Waals surface area contributed by atoms with Crippen molar-refractivity contribution in [1.29, 1.82) is 0 Å². The number of hydrogen-bond acceptors (Lipinski definition) is 4. The van der Waals surface area contributed by atoms with Gasteiger partial charge in [0, 0.05) is 25.6 Å². The van der Waals surface area contributed by atoms with E-state index in [4.69, 9.17) is 5.73 Å². The Morgan fingerprint density at radius 1 is 1.16 bits per heavy atom. The first kappa shape index (κ1) is 17.9. The van der Waals surface area contributed by atoms with E-state index >= 15 is 0 Å². The zero-order chi connectivity index (χ0) is 15.0. The fourth-order valence-electron chi connectivity index (χ4n) is 2.02. The molecule has 0 aromatic carbocycles. The highest BCUT2D eigenvalue weighted by Crippen LogP contribution is 2.13. The molecule has 0 heterocycles.